The van der Waals surface area contributed by atoms with Gasteiger partial charge in [-0.25, -0.2) is 0 Å². The van der Waals surface area contributed by atoms with Gasteiger partial charge in [0.2, 0.25) is 5.91 Å². The molecular weight excluding hydrogens is 317 g/mol. The Morgan fingerprint density at radius 1 is 1.14 bits per heavy atom. The van der Waals surface area contributed by atoms with E-state index in [0.717, 1.165) is 0 Å². The lowest BCUT2D eigenvalue weighted by Gasteiger charge is -2.21. The lowest BCUT2D eigenvalue weighted by atomic mass is 9.82. The van der Waals surface area contributed by atoms with Gasteiger partial charge in [0, 0.05) is 5.02 Å². The number of anilines is 1. The summed E-state index contributed by atoms with van der Waals surface area (Å²) in [5, 5.41) is 12.7. The second kappa shape index (κ2) is 5.33. The van der Waals surface area contributed by atoms with Gasteiger partial charge in [0.15, 0.2) is 0 Å². The van der Waals surface area contributed by atoms with Crippen molar-refractivity contribution in [1.29, 1.82) is 0 Å². The number of carbonyl (C=O) groups excluding carboxylic acids is 1. The molecule has 0 aromatic heterocycles. The van der Waals surface area contributed by atoms with Crippen LogP contribution in [0.2, 0.25) is 10.0 Å². The minimum Gasteiger partial charge on any atom is -0.481 e. The summed E-state index contributed by atoms with van der Waals surface area (Å²) in [6, 6.07) is 4.67. The molecule has 0 spiro atoms. The number of carboxylic acids is 1. The highest BCUT2D eigenvalue weighted by Crippen LogP contribution is 2.40. The second-order valence-corrected chi connectivity index (χ2v) is 5.80. The molecule has 1 amide bonds. The van der Waals surface area contributed by atoms with Gasteiger partial charge in [-0.15, -0.1) is 0 Å². The van der Waals surface area contributed by atoms with Crippen molar-refractivity contribution in [3.05, 3.63) is 40.4 Å². The van der Waals surface area contributed by atoms with E-state index in [1.807, 2.05) is 0 Å². The number of carboxylic acid groups (broad SMARTS) is 1. The van der Waals surface area contributed by atoms with Gasteiger partial charge in [-0.1, -0.05) is 35.4 Å². The van der Waals surface area contributed by atoms with Crippen molar-refractivity contribution in [1.82, 2.24) is 0 Å². The van der Waals surface area contributed by atoms with Gasteiger partial charge in [-0.2, -0.15) is 0 Å². The summed E-state index contributed by atoms with van der Waals surface area (Å²) in [5.74, 6) is -3.13. The smallest absolute Gasteiger partial charge is 0.310 e. The normalized spacial score (nSPS) is 29.6. The number of rotatable bonds is 3. The lowest BCUT2D eigenvalue weighted by Crippen LogP contribution is -2.39. The molecule has 1 fully saturated rings. The number of halogens is 2. The molecule has 2 heterocycles. The summed E-state index contributed by atoms with van der Waals surface area (Å²) in [6.07, 6.45) is 2.34. The topological polar surface area (TPSA) is 75.6 Å². The van der Waals surface area contributed by atoms with Crippen LogP contribution in [-0.2, 0) is 14.3 Å². The van der Waals surface area contributed by atoms with E-state index >= 15 is 0 Å². The number of hydrogen-bond donors (Lipinski definition) is 2. The molecule has 0 aliphatic carbocycles. The number of hydrogen-bond acceptors (Lipinski definition) is 3. The van der Waals surface area contributed by atoms with Gasteiger partial charge in [0.1, 0.15) is 5.92 Å². The Morgan fingerprint density at radius 2 is 1.81 bits per heavy atom. The van der Waals surface area contributed by atoms with E-state index in [2.05, 4.69) is 5.32 Å². The van der Waals surface area contributed by atoms with Gasteiger partial charge < -0.3 is 15.2 Å². The van der Waals surface area contributed by atoms with Gasteiger partial charge in [0.05, 0.1) is 28.8 Å². The Kier molecular flexibility index (Phi) is 3.65. The van der Waals surface area contributed by atoms with Crippen molar-refractivity contribution in [2.24, 2.45) is 11.8 Å². The van der Waals surface area contributed by atoms with Crippen molar-refractivity contribution in [2.45, 2.75) is 12.2 Å². The zero-order valence-electron chi connectivity index (χ0n) is 10.6. The summed E-state index contributed by atoms with van der Waals surface area (Å²) in [4.78, 5) is 23.7. The minimum absolute atomic E-state index is 0.294. The molecule has 21 heavy (non-hydrogen) atoms. The fourth-order valence-electron chi connectivity index (χ4n) is 2.72. The number of ether oxygens (including phenoxy) is 1. The van der Waals surface area contributed by atoms with Crippen molar-refractivity contribution in [2.75, 3.05) is 5.32 Å². The fraction of sp³-hybridized carbons (Fsp3) is 0.286. The predicted molar refractivity (Wildman–Crippen MR) is 77.5 cm³/mol. The molecule has 1 aromatic carbocycles. The van der Waals surface area contributed by atoms with Crippen molar-refractivity contribution in [3.63, 3.8) is 0 Å². The first-order chi connectivity index (χ1) is 9.97. The molecule has 4 atom stereocenters. The molecule has 7 heteroatoms. The molecule has 2 bridgehead atoms. The summed E-state index contributed by atoms with van der Waals surface area (Å²) >= 11 is 11.8. The molecule has 2 aliphatic heterocycles. The summed E-state index contributed by atoms with van der Waals surface area (Å²) in [6.45, 7) is 0. The first-order valence-corrected chi connectivity index (χ1v) is 7.05. The van der Waals surface area contributed by atoms with Crippen molar-refractivity contribution in [3.8, 4) is 0 Å². The van der Waals surface area contributed by atoms with Crippen LogP contribution in [0.1, 0.15) is 0 Å². The van der Waals surface area contributed by atoms with Crippen molar-refractivity contribution < 1.29 is 19.4 Å². The molecule has 0 radical (unpaired) electrons. The third-order valence-corrected chi connectivity index (χ3v) is 4.22. The van der Waals surface area contributed by atoms with Gasteiger partial charge in [-0.05, 0) is 18.2 Å². The molecule has 1 aromatic rings. The molecule has 2 aliphatic rings. The molecule has 110 valence electrons. The van der Waals surface area contributed by atoms with Gasteiger partial charge in [0.25, 0.3) is 0 Å². The van der Waals surface area contributed by atoms with Crippen molar-refractivity contribution >= 4 is 40.8 Å². The largest absolute Gasteiger partial charge is 0.481 e. The summed E-state index contributed by atoms with van der Waals surface area (Å²) < 4.78 is 5.46. The van der Waals surface area contributed by atoms with E-state index in [-0.39, 0.29) is 0 Å². The van der Waals surface area contributed by atoms with Crippen LogP contribution in [-0.4, -0.2) is 29.2 Å². The first kappa shape index (κ1) is 14.4. The molecule has 2 N–H and O–H groups in total. The number of aliphatic carboxylic acids is 1. The van der Waals surface area contributed by atoms with Crippen LogP contribution >= 0.6 is 23.2 Å². The lowest BCUT2D eigenvalue weighted by molar-refractivity contribution is -0.145. The average Bonchev–Trinajstić information content (AvgIpc) is 3.02. The standard InChI is InChI=1S/C14H11Cl2NO4/c15-6-1-2-8(7(16)5-6)17-13(18)11-9-3-4-10(21-9)12(11)14(19)20/h1-5,9-12H,(H,17,18)(H,19,20)/t9-,10-,11+,12+/m1/s1. The van der Waals surface area contributed by atoms with E-state index in [1.165, 1.54) is 6.07 Å². The zero-order valence-corrected chi connectivity index (χ0v) is 12.1. The van der Waals surface area contributed by atoms with Crippen LogP contribution in [0.3, 0.4) is 0 Å². The number of fused-ring (bicyclic) bond motifs is 2. The highest BCUT2D eigenvalue weighted by molar-refractivity contribution is 6.36. The van der Waals surface area contributed by atoms with Crippen LogP contribution in [0.25, 0.3) is 0 Å². The van der Waals surface area contributed by atoms with Crippen LogP contribution in [0, 0.1) is 11.8 Å². The molecule has 0 saturated carbocycles. The quantitative estimate of drug-likeness (QED) is 0.836. The van der Waals surface area contributed by atoms with Crippen LogP contribution < -0.4 is 5.32 Å². The van der Waals surface area contributed by atoms with Gasteiger partial charge >= 0.3 is 5.97 Å². The number of carbonyl (C=O) groups is 2. The molecule has 0 unspecified atom stereocenters. The molecule has 5 nitrogen and oxygen atoms in total. The highest BCUT2D eigenvalue weighted by Gasteiger charge is 2.53. The Hall–Kier alpha value is -1.56. The van der Waals surface area contributed by atoms with E-state index in [1.54, 1.807) is 24.3 Å². The van der Waals surface area contributed by atoms with Crippen LogP contribution in [0.4, 0.5) is 5.69 Å². The van der Waals surface area contributed by atoms with E-state index < -0.39 is 35.9 Å². The number of nitrogens with one attached hydrogen (secondary N) is 1. The Labute approximate surface area is 130 Å². The van der Waals surface area contributed by atoms with Gasteiger partial charge in [-0.3, -0.25) is 9.59 Å². The first-order valence-electron chi connectivity index (χ1n) is 6.30. The predicted octanol–water partition coefficient (Wildman–Crippen LogP) is 2.59. The fourth-order valence-corrected chi connectivity index (χ4v) is 3.18. The Morgan fingerprint density at radius 3 is 2.43 bits per heavy atom. The maximum absolute atomic E-state index is 12.4. The van der Waals surface area contributed by atoms with E-state index in [4.69, 9.17) is 27.9 Å². The number of amides is 1. The second-order valence-electron chi connectivity index (χ2n) is 4.95. The zero-order chi connectivity index (χ0) is 15.1. The minimum atomic E-state index is -1.05. The van der Waals surface area contributed by atoms with Crippen LogP contribution in [0.5, 0.6) is 0 Å². The van der Waals surface area contributed by atoms with E-state index in [9.17, 15) is 14.7 Å². The molecule has 3 rings (SSSR count). The van der Waals surface area contributed by atoms with Crippen LogP contribution in [0.15, 0.2) is 30.4 Å². The SMILES string of the molecule is O=C(O)[C@@H]1[C@@H](C(=O)Nc2ccc(Cl)cc2Cl)[C@H]2C=C[C@H]1O2. The highest BCUT2D eigenvalue weighted by atomic mass is 35.5. The Balaban J connectivity index is 1.82. The third-order valence-electron chi connectivity index (χ3n) is 3.68. The third kappa shape index (κ3) is 2.52. The molecular formula is C14H11Cl2NO4. The Bertz CT molecular complexity index is 646. The van der Waals surface area contributed by atoms with E-state index in [0.29, 0.717) is 15.7 Å². The maximum Gasteiger partial charge on any atom is 0.310 e. The monoisotopic (exact) mass is 327 g/mol. The summed E-state index contributed by atoms with van der Waals surface area (Å²) in [5.41, 5.74) is 0.391. The maximum atomic E-state index is 12.4. The molecule has 1 saturated heterocycles. The number of benzene rings is 1. The summed E-state index contributed by atoms with van der Waals surface area (Å²) in [7, 11) is 0. The average molecular weight is 328 g/mol.